The highest BCUT2D eigenvalue weighted by Crippen LogP contribution is 2.40. The second kappa shape index (κ2) is 9.52. The Balaban J connectivity index is 1.88. The monoisotopic (exact) mass is 472 g/mol. The van der Waals surface area contributed by atoms with Gasteiger partial charge in [0.2, 0.25) is 0 Å². The number of rotatable bonds is 7. The summed E-state index contributed by atoms with van der Waals surface area (Å²) in [5, 5.41) is 2.90. The van der Waals surface area contributed by atoms with Crippen LogP contribution in [-0.2, 0) is 6.54 Å². The molecule has 0 bridgehead atoms. The van der Waals surface area contributed by atoms with Gasteiger partial charge in [-0.25, -0.2) is 0 Å². The summed E-state index contributed by atoms with van der Waals surface area (Å²) in [6, 6.07) is 15.5. The van der Waals surface area contributed by atoms with Crippen LogP contribution in [0, 0.1) is 0 Å². The summed E-state index contributed by atoms with van der Waals surface area (Å²) in [4.78, 5) is 14.8. The lowest BCUT2D eigenvalue weighted by atomic mass is 9.99. The van der Waals surface area contributed by atoms with Gasteiger partial charge in [0.25, 0.3) is 5.91 Å². The third-order valence-electron chi connectivity index (χ3n) is 5.74. The Hall–Kier alpha value is -3.30. The van der Waals surface area contributed by atoms with Crippen LogP contribution in [0.3, 0.4) is 0 Å². The zero-order chi connectivity index (χ0) is 24.5. The lowest BCUT2D eigenvalue weighted by Gasteiger charge is -2.28. The molecule has 0 unspecified atom stereocenters. The Morgan fingerprint density at radius 2 is 1.85 bits per heavy atom. The van der Waals surface area contributed by atoms with Crippen LogP contribution in [0.25, 0.3) is 22.4 Å². The van der Waals surface area contributed by atoms with Crippen molar-refractivity contribution in [2.24, 2.45) is 5.73 Å². The summed E-state index contributed by atoms with van der Waals surface area (Å²) in [5.74, 6) is -0.544. The van der Waals surface area contributed by atoms with Crippen LogP contribution in [0.15, 0.2) is 54.6 Å². The highest BCUT2D eigenvalue weighted by Gasteiger charge is 2.32. The maximum absolute atomic E-state index is 12.8. The number of nitrogens with one attached hydrogen (secondary N) is 1. The van der Waals surface area contributed by atoms with E-state index in [1.54, 1.807) is 12.1 Å². The third kappa shape index (κ3) is 5.10. The van der Waals surface area contributed by atoms with E-state index in [1.165, 1.54) is 18.2 Å². The fourth-order valence-electron chi connectivity index (χ4n) is 4.40. The van der Waals surface area contributed by atoms with Crippen LogP contribution in [0.4, 0.5) is 13.2 Å². The van der Waals surface area contributed by atoms with Crippen molar-refractivity contribution in [2.45, 2.75) is 25.4 Å². The molecule has 180 valence electrons. The minimum Gasteiger partial charge on any atom is -0.406 e. The molecule has 0 saturated carbocycles. The van der Waals surface area contributed by atoms with E-state index in [-0.39, 0.29) is 17.7 Å². The second-order valence-electron chi connectivity index (χ2n) is 8.61. The number of hydrogen-bond donors (Lipinski definition) is 2. The summed E-state index contributed by atoms with van der Waals surface area (Å²) in [7, 11) is 3.98. The number of ether oxygens (including phenoxy) is 1. The Bertz CT molecular complexity index is 1170. The molecule has 0 radical (unpaired) electrons. The molecule has 2 heterocycles. The third-order valence-corrected chi connectivity index (χ3v) is 5.74. The zero-order valence-corrected chi connectivity index (χ0v) is 19.0. The largest absolute Gasteiger partial charge is 0.573 e. The van der Waals surface area contributed by atoms with Gasteiger partial charge in [-0.15, -0.1) is 13.2 Å². The van der Waals surface area contributed by atoms with Crippen molar-refractivity contribution < 1.29 is 22.7 Å². The molecule has 1 aromatic heterocycles. The average molecular weight is 473 g/mol. The Labute approximate surface area is 196 Å². The van der Waals surface area contributed by atoms with Crippen molar-refractivity contribution in [1.29, 1.82) is 0 Å². The number of carbonyl (C=O) groups excluding carboxylic acids is 1. The molecule has 0 spiro atoms. The van der Waals surface area contributed by atoms with E-state index in [2.05, 4.69) is 15.0 Å². The van der Waals surface area contributed by atoms with E-state index in [0.717, 1.165) is 23.4 Å². The Morgan fingerprint density at radius 1 is 1.12 bits per heavy atom. The van der Waals surface area contributed by atoms with Crippen LogP contribution < -0.4 is 15.8 Å². The summed E-state index contributed by atoms with van der Waals surface area (Å²) in [5.41, 5.74) is 10.2. The number of nitrogens with two attached hydrogens (primary N) is 1. The fraction of sp³-hybridized carbons (Fsp3) is 0.320. The minimum atomic E-state index is -4.80. The van der Waals surface area contributed by atoms with Crippen LogP contribution in [-0.4, -0.2) is 48.9 Å². The summed E-state index contributed by atoms with van der Waals surface area (Å²) in [6.07, 6.45) is -4.15. The smallest absolute Gasteiger partial charge is 0.406 e. The molecular weight excluding hydrogens is 445 g/mol. The first-order chi connectivity index (χ1) is 16.2. The molecule has 1 aliphatic heterocycles. The topological polar surface area (TPSA) is 72.5 Å². The summed E-state index contributed by atoms with van der Waals surface area (Å²) in [6.45, 7) is 1.64. The number of hydrogen-bond acceptors (Lipinski definition) is 4. The van der Waals surface area contributed by atoms with E-state index < -0.39 is 6.36 Å². The van der Waals surface area contributed by atoms with Crippen LogP contribution >= 0.6 is 0 Å². The first-order valence-electron chi connectivity index (χ1n) is 11.0. The van der Waals surface area contributed by atoms with Gasteiger partial charge in [0.1, 0.15) is 11.4 Å². The second-order valence-corrected chi connectivity index (χ2v) is 8.61. The number of halogens is 3. The number of fused-ring (bicyclic) bond motifs is 1. The highest BCUT2D eigenvalue weighted by atomic mass is 19.4. The van der Waals surface area contributed by atoms with Crippen molar-refractivity contribution in [3.05, 3.63) is 65.9 Å². The van der Waals surface area contributed by atoms with Gasteiger partial charge < -0.3 is 25.3 Å². The van der Waals surface area contributed by atoms with Gasteiger partial charge in [0, 0.05) is 18.7 Å². The summed E-state index contributed by atoms with van der Waals surface area (Å²) >= 11 is 0. The maximum atomic E-state index is 12.8. The number of aromatic nitrogens is 1. The predicted molar refractivity (Wildman–Crippen MR) is 124 cm³/mol. The Morgan fingerprint density at radius 3 is 2.50 bits per heavy atom. The maximum Gasteiger partial charge on any atom is 0.573 e. The van der Waals surface area contributed by atoms with Gasteiger partial charge in [0.15, 0.2) is 0 Å². The molecule has 1 amide bonds. The van der Waals surface area contributed by atoms with E-state index >= 15 is 0 Å². The van der Waals surface area contributed by atoms with Crippen molar-refractivity contribution >= 4 is 5.91 Å². The van der Waals surface area contributed by atoms with Gasteiger partial charge in [-0.1, -0.05) is 36.4 Å². The molecule has 9 heteroatoms. The normalized spacial score (nSPS) is 15.9. The molecule has 3 N–H and O–H groups in total. The molecule has 0 aliphatic carbocycles. The van der Waals surface area contributed by atoms with Crippen molar-refractivity contribution in [2.75, 3.05) is 27.2 Å². The van der Waals surface area contributed by atoms with Crippen molar-refractivity contribution in [1.82, 2.24) is 14.8 Å². The van der Waals surface area contributed by atoms with E-state index in [0.29, 0.717) is 36.3 Å². The fourth-order valence-corrected chi connectivity index (χ4v) is 4.40. The molecule has 0 saturated heterocycles. The van der Waals surface area contributed by atoms with E-state index in [9.17, 15) is 18.0 Å². The number of benzene rings is 2. The summed E-state index contributed by atoms with van der Waals surface area (Å²) < 4.78 is 44.6. The van der Waals surface area contributed by atoms with Gasteiger partial charge in [0.05, 0.1) is 11.7 Å². The number of nitrogens with zero attached hydrogens (tertiary/aromatic N) is 2. The Kier molecular flexibility index (Phi) is 6.67. The number of alkyl halides is 3. The molecule has 2 aromatic carbocycles. The molecular formula is C25H27F3N4O2. The quantitative estimate of drug-likeness (QED) is 0.534. The zero-order valence-electron chi connectivity index (χ0n) is 19.0. The van der Waals surface area contributed by atoms with Crippen molar-refractivity contribution in [3.63, 3.8) is 0 Å². The lowest BCUT2D eigenvalue weighted by molar-refractivity contribution is -0.274. The van der Waals surface area contributed by atoms with Crippen LogP contribution in [0.1, 0.15) is 28.5 Å². The van der Waals surface area contributed by atoms with Crippen molar-refractivity contribution in [3.8, 4) is 28.1 Å². The standard InChI is InChI=1S/C25H27F3N4O2/c1-31(2)15-16-6-8-17(9-7-16)23-21(18-4-3-5-20(12-18)34-25(26,27)28)13-22-24(33)30-14-19(10-11-29)32(22)23/h3-9,12-13,19H,10-11,14-15,29H2,1-2H3,(H,30,33)/t19-/m0/s1. The van der Waals surface area contributed by atoms with Gasteiger partial charge >= 0.3 is 6.36 Å². The molecule has 4 rings (SSSR count). The van der Waals surface area contributed by atoms with E-state index in [4.69, 9.17) is 5.73 Å². The first-order valence-corrected chi connectivity index (χ1v) is 11.0. The number of amides is 1. The van der Waals surface area contributed by atoms with Gasteiger partial charge in [-0.2, -0.15) is 0 Å². The van der Waals surface area contributed by atoms with Crippen LogP contribution in [0.2, 0.25) is 0 Å². The van der Waals surface area contributed by atoms with Crippen LogP contribution in [0.5, 0.6) is 5.75 Å². The molecule has 6 nitrogen and oxygen atoms in total. The lowest BCUT2D eigenvalue weighted by Crippen LogP contribution is -2.39. The highest BCUT2D eigenvalue weighted by molar-refractivity contribution is 5.98. The molecule has 1 atom stereocenters. The van der Waals surface area contributed by atoms with E-state index in [1.807, 2.05) is 42.9 Å². The molecule has 1 aliphatic rings. The van der Waals surface area contributed by atoms with Gasteiger partial charge in [-0.3, -0.25) is 4.79 Å². The minimum absolute atomic E-state index is 0.0718. The average Bonchev–Trinajstić information content (AvgIpc) is 3.17. The molecule has 34 heavy (non-hydrogen) atoms. The van der Waals surface area contributed by atoms with Gasteiger partial charge in [-0.05, 0) is 62.0 Å². The SMILES string of the molecule is CN(C)Cc1ccc(-c2c(-c3cccc(OC(F)(F)F)c3)cc3n2[C@@H](CCN)CNC3=O)cc1. The predicted octanol–water partition coefficient (Wildman–Crippen LogP) is 4.42. The number of carbonyl (C=O) groups is 1. The molecule has 3 aromatic rings. The molecule has 0 fully saturated rings. The first kappa shape index (κ1) is 23.8.